The van der Waals surface area contributed by atoms with Crippen LogP contribution in [0.1, 0.15) is 43.2 Å². The van der Waals surface area contributed by atoms with E-state index in [2.05, 4.69) is 10.3 Å². The molecule has 2 heterocycles. The molecule has 0 unspecified atom stereocenters. The molecular weight excluding hydrogens is 388 g/mol. The number of para-hydroxylation sites is 1. The normalized spacial score (nSPS) is 19.3. The standard InChI is InChI=1S/C21H28N4O3S/c1-14(2)25(21(27)22-17-8-6-5-7-9-17)12-19-23-18(13-29-19)20(26)24-10-15(3)28-16(4)11-24/h5-9,13-16H,10-12H2,1-4H3,(H,22,27)/t15-,16-/m1/s1. The van der Waals surface area contributed by atoms with Gasteiger partial charge in [-0.05, 0) is 39.8 Å². The molecule has 1 aliphatic heterocycles. The predicted molar refractivity (Wildman–Crippen MR) is 114 cm³/mol. The van der Waals surface area contributed by atoms with Gasteiger partial charge in [-0.2, -0.15) is 0 Å². The van der Waals surface area contributed by atoms with E-state index in [1.165, 1.54) is 11.3 Å². The number of nitrogens with one attached hydrogen (secondary N) is 1. The van der Waals surface area contributed by atoms with Gasteiger partial charge in [0, 0.05) is 30.2 Å². The Morgan fingerprint density at radius 1 is 1.24 bits per heavy atom. The maximum absolute atomic E-state index is 12.8. The number of nitrogens with zero attached hydrogens (tertiary/aromatic N) is 3. The fourth-order valence-electron chi connectivity index (χ4n) is 3.34. The van der Waals surface area contributed by atoms with Crippen molar-refractivity contribution >= 4 is 29.0 Å². The Morgan fingerprint density at radius 2 is 1.90 bits per heavy atom. The first-order valence-electron chi connectivity index (χ1n) is 9.85. The molecule has 1 aliphatic rings. The average molecular weight is 417 g/mol. The summed E-state index contributed by atoms with van der Waals surface area (Å²) in [4.78, 5) is 33.6. The predicted octanol–water partition coefficient (Wildman–Crippen LogP) is 3.84. The van der Waals surface area contributed by atoms with Crippen LogP contribution < -0.4 is 5.32 Å². The van der Waals surface area contributed by atoms with Crippen molar-refractivity contribution in [2.75, 3.05) is 18.4 Å². The molecule has 1 N–H and O–H groups in total. The molecule has 1 fully saturated rings. The van der Waals surface area contributed by atoms with Gasteiger partial charge in [0.1, 0.15) is 10.7 Å². The lowest BCUT2D eigenvalue weighted by Crippen LogP contribution is -2.48. The number of hydrogen-bond acceptors (Lipinski definition) is 5. The van der Waals surface area contributed by atoms with Gasteiger partial charge in [-0.15, -0.1) is 11.3 Å². The summed E-state index contributed by atoms with van der Waals surface area (Å²) in [5, 5.41) is 5.42. The third kappa shape index (κ3) is 5.55. The molecule has 29 heavy (non-hydrogen) atoms. The zero-order valence-corrected chi connectivity index (χ0v) is 18.1. The number of urea groups is 1. The van der Waals surface area contributed by atoms with Crippen LogP contribution in [-0.4, -0.2) is 58.1 Å². The van der Waals surface area contributed by atoms with Crippen LogP contribution in [-0.2, 0) is 11.3 Å². The third-order valence-corrected chi connectivity index (χ3v) is 5.53. The molecule has 8 heteroatoms. The Balaban J connectivity index is 1.66. The SMILES string of the molecule is CC(C)N(Cc1nc(C(=O)N2C[C@@H](C)O[C@H](C)C2)cs1)C(=O)Nc1ccccc1. The van der Waals surface area contributed by atoms with Gasteiger partial charge < -0.3 is 19.9 Å². The number of aromatic nitrogens is 1. The number of carbonyl (C=O) groups is 2. The van der Waals surface area contributed by atoms with E-state index < -0.39 is 0 Å². The van der Waals surface area contributed by atoms with Crippen molar-refractivity contribution in [3.05, 3.63) is 46.4 Å². The van der Waals surface area contributed by atoms with Crippen molar-refractivity contribution in [2.24, 2.45) is 0 Å². The number of anilines is 1. The highest BCUT2D eigenvalue weighted by Crippen LogP contribution is 2.19. The Hall–Kier alpha value is -2.45. The van der Waals surface area contributed by atoms with E-state index in [1.54, 1.807) is 15.2 Å². The Bertz CT molecular complexity index is 829. The second kappa shape index (κ2) is 9.37. The minimum absolute atomic E-state index is 0.0114. The second-order valence-corrected chi connectivity index (χ2v) is 8.55. The first-order chi connectivity index (χ1) is 13.8. The van der Waals surface area contributed by atoms with Crippen LogP contribution in [0.2, 0.25) is 0 Å². The molecule has 2 atom stereocenters. The highest BCUT2D eigenvalue weighted by Gasteiger charge is 2.28. The molecule has 156 valence electrons. The van der Waals surface area contributed by atoms with E-state index in [0.29, 0.717) is 25.3 Å². The fourth-order valence-corrected chi connectivity index (χ4v) is 4.10. The molecule has 0 aliphatic carbocycles. The average Bonchev–Trinajstić information content (AvgIpc) is 3.14. The molecule has 1 saturated heterocycles. The minimum atomic E-state index is -0.190. The van der Waals surface area contributed by atoms with Crippen LogP contribution in [0.3, 0.4) is 0 Å². The number of rotatable bonds is 5. The van der Waals surface area contributed by atoms with Crippen molar-refractivity contribution in [1.29, 1.82) is 0 Å². The smallest absolute Gasteiger partial charge is 0.322 e. The van der Waals surface area contributed by atoms with E-state index >= 15 is 0 Å². The fraction of sp³-hybridized carbons (Fsp3) is 0.476. The second-order valence-electron chi connectivity index (χ2n) is 7.61. The molecule has 0 bridgehead atoms. The van der Waals surface area contributed by atoms with Gasteiger partial charge >= 0.3 is 6.03 Å². The highest BCUT2D eigenvalue weighted by molar-refractivity contribution is 7.09. The molecule has 1 aromatic carbocycles. The lowest BCUT2D eigenvalue weighted by Gasteiger charge is -2.34. The monoisotopic (exact) mass is 416 g/mol. The quantitative estimate of drug-likeness (QED) is 0.804. The highest BCUT2D eigenvalue weighted by atomic mass is 32.1. The molecule has 0 saturated carbocycles. The largest absolute Gasteiger partial charge is 0.372 e. The number of morpholine rings is 1. The van der Waals surface area contributed by atoms with Crippen LogP contribution >= 0.6 is 11.3 Å². The maximum atomic E-state index is 12.8. The number of carbonyl (C=O) groups excluding carboxylic acids is 2. The lowest BCUT2D eigenvalue weighted by atomic mass is 10.2. The van der Waals surface area contributed by atoms with Crippen molar-refractivity contribution < 1.29 is 14.3 Å². The molecule has 0 spiro atoms. The number of hydrogen-bond donors (Lipinski definition) is 1. The van der Waals surface area contributed by atoms with E-state index in [-0.39, 0.29) is 30.2 Å². The van der Waals surface area contributed by atoms with Crippen LogP contribution in [0.5, 0.6) is 0 Å². The summed E-state index contributed by atoms with van der Waals surface area (Å²) in [5.74, 6) is -0.0839. The summed E-state index contributed by atoms with van der Waals surface area (Å²) < 4.78 is 5.70. The molecule has 3 rings (SSSR count). The minimum Gasteiger partial charge on any atom is -0.372 e. The summed E-state index contributed by atoms with van der Waals surface area (Å²) in [7, 11) is 0. The van der Waals surface area contributed by atoms with Crippen molar-refractivity contribution in [3.8, 4) is 0 Å². The number of amides is 3. The zero-order valence-electron chi connectivity index (χ0n) is 17.3. The van der Waals surface area contributed by atoms with Crippen LogP contribution in [0.4, 0.5) is 10.5 Å². The first kappa shape index (κ1) is 21.3. The molecular formula is C21H28N4O3S. The van der Waals surface area contributed by atoms with Gasteiger partial charge in [-0.25, -0.2) is 9.78 Å². The van der Waals surface area contributed by atoms with Gasteiger partial charge in [0.15, 0.2) is 0 Å². The molecule has 1 aromatic heterocycles. The summed E-state index contributed by atoms with van der Waals surface area (Å²) >= 11 is 1.40. The number of ether oxygens (including phenoxy) is 1. The van der Waals surface area contributed by atoms with Gasteiger partial charge in [-0.3, -0.25) is 4.79 Å². The lowest BCUT2D eigenvalue weighted by molar-refractivity contribution is -0.0587. The Morgan fingerprint density at radius 3 is 2.52 bits per heavy atom. The Labute approximate surface area is 175 Å². The van der Waals surface area contributed by atoms with E-state index in [0.717, 1.165) is 10.7 Å². The topological polar surface area (TPSA) is 74.8 Å². The molecule has 0 radical (unpaired) electrons. The van der Waals surface area contributed by atoms with Crippen LogP contribution in [0.25, 0.3) is 0 Å². The summed E-state index contributed by atoms with van der Waals surface area (Å²) in [6.45, 7) is 9.33. The van der Waals surface area contributed by atoms with Gasteiger partial charge in [0.05, 0.1) is 18.8 Å². The van der Waals surface area contributed by atoms with E-state index in [9.17, 15) is 9.59 Å². The summed E-state index contributed by atoms with van der Waals surface area (Å²) in [5.41, 5.74) is 1.17. The van der Waals surface area contributed by atoms with Gasteiger partial charge in [0.25, 0.3) is 5.91 Å². The molecule has 2 aromatic rings. The first-order valence-corrected chi connectivity index (χ1v) is 10.7. The van der Waals surface area contributed by atoms with Gasteiger partial charge in [0.2, 0.25) is 0 Å². The van der Waals surface area contributed by atoms with E-state index in [4.69, 9.17) is 4.74 Å². The third-order valence-electron chi connectivity index (χ3n) is 4.69. The Kier molecular flexibility index (Phi) is 6.87. The number of thiazole rings is 1. The van der Waals surface area contributed by atoms with E-state index in [1.807, 2.05) is 58.0 Å². The van der Waals surface area contributed by atoms with Crippen LogP contribution in [0.15, 0.2) is 35.7 Å². The van der Waals surface area contributed by atoms with Gasteiger partial charge in [-0.1, -0.05) is 18.2 Å². The van der Waals surface area contributed by atoms with Crippen molar-refractivity contribution in [1.82, 2.24) is 14.8 Å². The molecule has 3 amide bonds. The summed E-state index contributed by atoms with van der Waals surface area (Å²) in [6, 6.07) is 9.15. The van der Waals surface area contributed by atoms with Crippen molar-refractivity contribution in [3.63, 3.8) is 0 Å². The molecule has 7 nitrogen and oxygen atoms in total. The van der Waals surface area contributed by atoms with Crippen molar-refractivity contribution in [2.45, 2.75) is 52.5 Å². The number of benzene rings is 1. The zero-order chi connectivity index (χ0) is 21.0. The summed E-state index contributed by atoms with van der Waals surface area (Å²) in [6.07, 6.45) is 0.0258. The van der Waals surface area contributed by atoms with Crippen LogP contribution in [0, 0.1) is 0 Å². The maximum Gasteiger partial charge on any atom is 0.322 e.